The fraction of sp³-hybridized carbons (Fsp3) is 0.333. The summed E-state index contributed by atoms with van der Waals surface area (Å²) in [4.78, 5) is 43.7. The maximum absolute atomic E-state index is 9.10. The summed E-state index contributed by atoms with van der Waals surface area (Å²) in [6, 6.07) is 10.3. The lowest BCUT2D eigenvalue weighted by Crippen LogP contribution is -2.37. The number of anilines is 1. The molecule has 1 aliphatic heterocycles. The number of aliphatic carboxylic acids is 2. The van der Waals surface area contributed by atoms with Crippen LogP contribution in [0.4, 0.5) is 5.95 Å². The molecule has 5 aromatic rings. The highest BCUT2D eigenvalue weighted by Gasteiger charge is 2.22. The molecule has 0 unspecified atom stereocenters. The Morgan fingerprint density at radius 1 is 1.05 bits per heavy atom. The van der Waals surface area contributed by atoms with Gasteiger partial charge in [0.2, 0.25) is 5.95 Å². The average Bonchev–Trinajstić information content (AvgIpc) is 3.70. The average molecular weight is 563 g/mol. The Labute approximate surface area is 233 Å². The molecule has 4 N–H and O–H groups in total. The molecule has 12 nitrogen and oxygen atoms in total. The number of aromatic amines is 1. The summed E-state index contributed by atoms with van der Waals surface area (Å²) in [6.45, 7) is 4.99. The van der Waals surface area contributed by atoms with Gasteiger partial charge in [0.15, 0.2) is 5.65 Å². The van der Waals surface area contributed by atoms with Crippen LogP contribution in [0.5, 0.6) is 0 Å². The number of thiophene rings is 1. The van der Waals surface area contributed by atoms with Crippen LogP contribution in [0.1, 0.15) is 23.5 Å². The van der Waals surface area contributed by atoms with Crippen molar-refractivity contribution in [2.24, 2.45) is 5.92 Å². The lowest BCUT2D eigenvalue weighted by Gasteiger charge is -2.31. The number of hydrogen-bond donors (Lipinski definition) is 4. The maximum atomic E-state index is 9.10. The second-order valence-corrected chi connectivity index (χ2v) is 10.6. The monoisotopic (exact) mass is 562 g/mol. The van der Waals surface area contributed by atoms with E-state index < -0.39 is 11.9 Å². The molecule has 0 atom stereocenters. The van der Waals surface area contributed by atoms with Gasteiger partial charge >= 0.3 is 11.9 Å². The van der Waals surface area contributed by atoms with Crippen LogP contribution in [0, 0.1) is 5.92 Å². The third-order valence-corrected chi connectivity index (χ3v) is 7.70. The van der Waals surface area contributed by atoms with E-state index in [4.69, 9.17) is 24.8 Å². The molecule has 0 bridgehead atoms. The van der Waals surface area contributed by atoms with Crippen LogP contribution in [-0.2, 0) is 22.6 Å². The highest BCUT2D eigenvalue weighted by atomic mass is 32.1. The van der Waals surface area contributed by atoms with Crippen molar-refractivity contribution in [1.82, 2.24) is 34.4 Å². The number of piperidine rings is 1. The molecule has 0 aliphatic carbocycles. The first-order valence-corrected chi connectivity index (χ1v) is 13.9. The Hall–Kier alpha value is -4.36. The van der Waals surface area contributed by atoms with Crippen molar-refractivity contribution in [2.75, 3.05) is 31.5 Å². The molecular formula is C27H30N8O4S. The van der Waals surface area contributed by atoms with Crippen molar-refractivity contribution < 1.29 is 19.8 Å². The number of carbonyl (C=O) groups is 2. The molecule has 208 valence electrons. The fourth-order valence-corrected chi connectivity index (χ4v) is 5.52. The zero-order valence-corrected chi connectivity index (χ0v) is 22.5. The number of likely N-dealkylation sites (tertiary alicyclic amines) is 1. The zero-order chi connectivity index (χ0) is 27.9. The second-order valence-electron chi connectivity index (χ2n) is 9.54. The van der Waals surface area contributed by atoms with E-state index >= 15 is 0 Å². The standard InChI is InChI=1S/C25H28N8S.C2H2O4/c1-4-21-24(27-8-1)33(17-19-3-2-14-34-19)23(29-21)15-18-6-11-32(12-7-18)13-10-28-25-30-20-5-9-26-16-22(20)31-25;3-1(4)2(5)6/h1-5,8-9,14,16,18H,6-7,10-13,15,17H2,(H2,28,30,31);(H,3,4)(H,5,6). The molecule has 1 aliphatic rings. The predicted molar refractivity (Wildman–Crippen MR) is 151 cm³/mol. The van der Waals surface area contributed by atoms with Crippen LogP contribution in [0.3, 0.4) is 0 Å². The first-order valence-electron chi connectivity index (χ1n) is 13.0. The third kappa shape index (κ3) is 6.79. The van der Waals surface area contributed by atoms with Crippen molar-refractivity contribution in [3.8, 4) is 0 Å². The Kier molecular flexibility index (Phi) is 8.62. The van der Waals surface area contributed by atoms with E-state index in [1.807, 2.05) is 24.5 Å². The summed E-state index contributed by atoms with van der Waals surface area (Å²) in [7, 11) is 0. The largest absolute Gasteiger partial charge is 0.473 e. The number of nitrogens with zero attached hydrogens (tertiary/aromatic N) is 6. The van der Waals surface area contributed by atoms with Crippen molar-refractivity contribution >= 4 is 51.4 Å². The molecular weight excluding hydrogens is 532 g/mol. The van der Waals surface area contributed by atoms with Gasteiger partial charge in [-0.2, -0.15) is 0 Å². The van der Waals surface area contributed by atoms with Crippen LogP contribution in [0.2, 0.25) is 0 Å². The van der Waals surface area contributed by atoms with Crippen LogP contribution < -0.4 is 5.32 Å². The third-order valence-electron chi connectivity index (χ3n) is 6.84. The van der Waals surface area contributed by atoms with E-state index in [0.29, 0.717) is 5.92 Å². The first kappa shape index (κ1) is 27.2. The smallest absolute Gasteiger partial charge is 0.414 e. The zero-order valence-electron chi connectivity index (χ0n) is 21.7. The van der Waals surface area contributed by atoms with Gasteiger partial charge in [-0.25, -0.2) is 24.5 Å². The normalized spacial score (nSPS) is 14.2. The minimum Gasteiger partial charge on any atom is -0.473 e. The minimum atomic E-state index is -1.82. The maximum Gasteiger partial charge on any atom is 0.414 e. The summed E-state index contributed by atoms with van der Waals surface area (Å²) in [5.41, 5.74) is 3.90. The molecule has 0 saturated carbocycles. The number of hydrogen-bond acceptors (Lipinski definition) is 9. The molecule has 5 aromatic heterocycles. The van der Waals surface area contributed by atoms with Gasteiger partial charge in [0, 0.05) is 36.8 Å². The van der Waals surface area contributed by atoms with Crippen molar-refractivity contribution in [3.63, 3.8) is 0 Å². The lowest BCUT2D eigenvalue weighted by atomic mass is 9.93. The molecule has 13 heteroatoms. The molecule has 1 saturated heterocycles. The van der Waals surface area contributed by atoms with Crippen molar-refractivity contribution in [1.29, 1.82) is 0 Å². The fourth-order valence-electron chi connectivity index (χ4n) is 4.83. The topological polar surface area (TPSA) is 162 Å². The van der Waals surface area contributed by atoms with Gasteiger partial charge in [-0.1, -0.05) is 6.07 Å². The SMILES string of the molecule is O=C(O)C(=O)O.c1csc(Cn2c(CC3CCN(CCNc4nc5ccncc5[nH]4)CC3)nc3cccnc32)c1. The van der Waals surface area contributed by atoms with Crippen LogP contribution in [0.25, 0.3) is 22.2 Å². The van der Waals surface area contributed by atoms with E-state index in [2.05, 4.69) is 58.3 Å². The van der Waals surface area contributed by atoms with Gasteiger partial charge in [-0.05, 0) is 61.5 Å². The number of nitrogens with one attached hydrogen (secondary N) is 2. The number of pyridine rings is 2. The van der Waals surface area contributed by atoms with E-state index in [1.165, 1.54) is 23.5 Å². The summed E-state index contributed by atoms with van der Waals surface area (Å²) in [6.07, 6.45) is 8.86. The van der Waals surface area contributed by atoms with Crippen LogP contribution >= 0.6 is 11.3 Å². The quantitative estimate of drug-likeness (QED) is 0.206. The van der Waals surface area contributed by atoms with E-state index in [0.717, 1.165) is 67.3 Å². The number of H-pyrrole nitrogens is 1. The molecule has 6 heterocycles. The summed E-state index contributed by atoms with van der Waals surface area (Å²) in [5, 5.41) is 20.3. The van der Waals surface area contributed by atoms with Crippen LogP contribution in [0.15, 0.2) is 54.3 Å². The van der Waals surface area contributed by atoms with Crippen molar-refractivity contribution in [3.05, 3.63) is 65.0 Å². The van der Waals surface area contributed by atoms with Gasteiger partial charge < -0.3 is 30.0 Å². The highest BCUT2D eigenvalue weighted by molar-refractivity contribution is 7.09. The highest BCUT2D eigenvalue weighted by Crippen LogP contribution is 2.25. The Morgan fingerprint density at radius 2 is 1.88 bits per heavy atom. The lowest BCUT2D eigenvalue weighted by molar-refractivity contribution is -0.159. The molecule has 0 radical (unpaired) electrons. The molecule has 0 aromatic carbocycles. The second kappa shape index (κ2) is 12.7. The van der Waals surface area contributed by atoms with Gasteiger partial charge in [0.25, 0.3) is 0 Å². The van der Waals surface area contributed by atoms with Gasteiger partial charge in [0.1, 0.15) is 11.3 Å². The number of carboxylic acid groups (broad SMARTS) is 2. The number of carboxylic acids is 2. The Balaban J connectivity index is 0.000000487. The molecule has 6 rings (SSSR count). The van der Waals surface area contributed by atoms with E-state index in [9.17, 15) is 0 Å². The van der Waals surface area contributed by atoms with Gasteiger partial charge in [-0.15, -0.1) is 11.3 Å². The van der Waals surface area contributed by atoms with Gasteiger partial charge in [-0.3, -0.25) is 4.98 Å². The van der Waals surface area contributed by atoms with E-state index in [1.54, 1.807) is 17.5 Å². The number of imidazole rings is 2. The Morgan fingerprint density at radius 3 is 2.60 bits per heavy atom. The number of aromatic nitrogens is 6. The number of rotatable bonds is 8. The molecule has 40 heavy (non-hydrogen) atoms. The summed E-state index contributed by atoms with van der Waals surface area (Å²) < 4.78 is 2.32. The van der Waals surface area contributed by atoms with E-state index in [-0.39, 0.29) is 0 Å². The summed E-state index contributed by atoms with van der Waals surface area (Å²) in [5.74, 6) is -1.01. The molecule has 0 spiro atoms. The first-order chi connectivity index (χ1) is 19.5. The minimum absolute atomic E-state index is 0.658. The predicted octanol–water partition coefficient (Wildman–Crippen LogP) is 3.33. The Bertz CT molecular complexity index is 1530. The molecule has 0 amide bonds. The number of fused-ring (bicyclic) bond motifs is 2. The van der Waals surface area contributed by atoms with Gasteiger partial charge in [0.05, 0.1) is 23.8 Å². The summed E-state index contributed by atoms with van der Waals surface area (Å²) >= 11 is 1.79. The van der Waals surface area contributed by atoms with Crippen molar-refractivity contribution in [2.45, 2.75) is 25.8 Å². The molecule has 1 fully saturated rings. The van der Waals surface area contributed by atoms with Crippen LogP contribution in [-0.4, -0.2) is 82.7 Å².